The van der Waals surface area contributed by atoms with E-state index in [0.717, 1.165) is 6.54 Å². The largest absolute Gasteiger partial charge is 0.384 e. The van der Waals surface area contributed by atoms with Gasteiger partial charge in [0.1, 0.15) is 0 Å². The Morgan fingerprint density at radius 3 is 2.42 bits per heavy atom. The van der Waals surface area contributed by atoms with E-state index in [0.29, 0.717) is 18.1 Å². The lowest BCUT2D eigenvalue weighted by Crippen LogP contribution is -2.27. The SMILES string of the molecule is CCNC(CS(=O)CCOC)c1cc(C)cc(C)c1. The molecule has 0 fully saturated rings. The molecule has 0 saturated carbocycles. The van der Waals surface area contributed by atoms with Gasteiger partial charge in [0.25, 0.3) is 0 Å². The van der Waals surface area contributed by atoms with Crippen LogP contribution in [-0.4, -0.2) is 36.0 Å². The summed E-state index contributed by atoms with van der Waals surface area (Å²) in [5.74, 6) is 1.24. The normalized spacial score (nSPS) is 14.3. The lowest BCUT2D eigenvalue weighted by atomic mass is 10.0. The maximum absolute atomic E-state index is 12.0. The van der Waals surface area contributed by atoms with Gasteiger partial charge in [-0.15, -0.1) is 0 Å². The molecule has 2 atom stereocenters. The lowest BCUT2D eigenvalue weighted by molar-refractivity contribution is 0.218. The van der Waals surface area contributed by atoms with E-state index < -0.39 is 10.8 Å². The van der Waals surface area contributed by atoms with Gasteiger partial charge in [-0.3, -0.25) is 4.21 Å². The van der Waals surface area contributed by atoms with Gasteiger partial charge in [0.2, 0.25) is 0 Å². The Hall–Kier alpha value is -0.710. The highest BCUT2D eigenvalue weighted by atomic mass is 32.2. The number of hydrogen-bond acceptors (Lipinski definition) is 3. The summed E-state index contributed by atoms with van der Waals surface area (Å²) in [7, 11) is 0.789. The summed E-state index contributed by atoms with van der Waals surface area (Å²) >= 11 is 0. The first-order valence-corrected chi connectivity index (χ1v) is 8.21. The van der Waals surface area contributed by atoms with E-state index in [4.69, 9.17) is 4.74 Å². The van der Waals surface area contributed by atoms with E-state index in [2.05, 4.69) is 44.3 Å². The predicted octanol–water partition coefficient (Wildman–Crippen LogP) is 2.35. The minimum atomic E-state index is -0.853. The third-order valence-electron chi connectivity index (χ3n) is 2.96. The van der Waals surface area contributed by atoms with E-state index in [1.807, 2.05) is 0 Å². The highest BCUT2D eigenvalue weighted by Gasteiger charge is 2.14. The lowest BCUT2D eigenvalue weighted by Gasteiger charge is -2.19. The van der Waals surface area contributed by atoms with Gasteiger partial charge in [-0.2, -0.15) is 0 Å². The molecule has 0 amide bonds. The van der Waals surface area contributed by atoms with Gasteiger partial charge in [0.15, 0.2) is 0 Å². The molecule has 0 radical (unpaired) electrons. The van der Waals surface area contributed by atoms with Crippen LogP contribution in [0.3, 0.4) is 0 Å². The number of aryl methyl sites for hydroxylation is 2. The standard InChI is InChI=1S/C15H25NO2S/c1-5-16-15(11-19(17)7-6-18-4)14-9-12(2)8-13(3)10-14/h8-10,15-16H,5-7,11H2,1-4H3. The molecular formula is C15H25NO2S. The molecule has 108 valence electrons. The average Bonchev–Trinajstić information content (AvgIpc) is 2.34. The third-order valence-corrected chi connectivity index (χ3v) is 4.29. The van der Waals surface area contributed by atoms with Crippen LogP contribution in [0.5, 0.6) is 0 Å². The van der Waals surface area contributed by atoms with Crippen LogP contribution < -0.4 is 5.32 Å². The van der Waals surface area contributed by atoms with Gasteiger partial charge in [-0.1, -0.05) is 36.2 Å². The number of ether oxygens (including phenoxy) is 1. The summed E-state index contributed by atoms with van der Waals surface area (Å²) in [6.07, 6.45) is 0. The fourth-order valence-corrected chi connectivity index (χ4v) is 3.38. The second kappa shape index (κ2) is 8.46. The number of methoxy groups -OCH3 is 1. The molecule has 2 unspecified atom stereocenters. The average molecular weight is 283 g/mol. The van der Waals surface area contributed by atoms with Crippen molar-refractivity contribution in [3.8, 4) is 0 Å². The molecule has 0 heterocycles. The van der Waals surface area contributed by atoms with Gasteiger partial charge >= 0.3 is 0 Å². The molecule has 0 aliphatic heterocycles. The smallest absolute Gasteiger partial charge is 0.0577 e. The summed E-state index contributed by atoms with van der Waals surface area (Å²) in [6, 6.07) is 6.66. The Morgan fingerprint density at radius 2 is 1.89 bits per heavy atom. The van der Waals surface area contributed by atoms with Crippen molar-refractivity contribution >= 4 is 10.8 Å². The Bertz CT molecular complexity index is 400. The molecule has 0 aliphatic carbocycles. The van der Waals surface area contributed by atoms with Crippen LogP contribution in [-0.2, 0) is 15.5 Å². The molecule has 1 aromatic carbocycles. The van der Waals surface area contributed by atoms with Crippen LogP contribution in [0.15, 0.2) is 18.2 Å². The second-order valence-corrected chi connectivity index (χ2v) is 6.46. The molecule has 0 aliphatic rings. The summed E-state index contributed by atoms with van der Waals surface area (Å²) in [5.41, 5.74) is 3.73. The fourth-order valence-electron chi connectivity index (χ4n) is 2.18. The first kappa shape index (κ1) is 16.3. The second-order valence-electron chi connectivity index (χ2n) is 4.83. The van der Waals surface area contributed by atoms with Gasteiger partial charge < -0.3 is 10.1 Å². The Labute approximate surface area is 119 Å². The minimum Gasteiger partial charge on any atom is -0.384 e. The van der Waals surface area contributed by atoms with Crippen LogP contribution in [0.2, 0.25) is 0 Å². The van der Waals surface area contributed by atoms with Crippen LogP contribution in [0, 0.1) is 13.8 Å². The number of hydrogen-bond donors (Lipinski definition) is 1. The van der Waals surface area contributed by atoms with Crippen molar-refractivity contribution in [3.63, 3.8) is 0 Å². The highest BCUT2D eigenvalue weighted by molar-refractivity contribution is 7.85. The van der Waals surface area contributed by atoms with Crippen LogP contribution in [0.4, 0.5) is 0 Å². The molecule has 0 aromatic heterocycles. The van der Waals surface area contributed by atoms with Crippen molar-refractivity contribution in [3.05, 3.63) is 34.9 Å². The monoisotopic (exact) mass is 283 g/mol. The quantitative estimate of drug-likeness (QED) is 0.796. The Kier molecular flexibility index (Phi) is 7.28. The predicted molar refractivity (Wildman–Crippen MR) is 82.1 cm³/mol. The number of benzene rings is 1. The first-order chi connectivity index (χ1) is 9.06. The zero-order valence-electron chi connectivity index (χ0n) is 12.4. The number of nitrogens with one attached hydrogen (secondary N) is 1. The van der Waals surface area contributed by atoms with E-state index in [1.165, 1.54) is 16.7 Å². The van der Waals surface area contributed by atoms with Crippen LogP contribution in [0.25, 0.3) is 0 Å². The molecule has 1 N–H and O–H groups in total. The third kappa shape index (κ3) is 5.85. The van der Waals surface area contributed by atoms with Crippen molar-refractivity contribution in [1.29, 1.82) is 0 Å². The van der Waals surface area contributed by atoms with Crippen molar-refractivity contribution < 1.29 is 8.95 Å². The zero-order valence-corrected chi connectivity index (χ0v) is 13.2. The van der Waals surface area contributed by atoms with E-state index >= 15 is 0 Å². The molecule has 0 saturated heterocycles. The molecule has 1 aromatic rings. The topological polar surface area (TPSA) is 38.3 Å². The van der Waals surface area contributed by atoms with Gasteiger partial charge in [-0.25, -0.2) is 0 Å². The summed E-state index contributed by atoms with van der Waals surface area (Å²) in [5, 5.41) is 3.43. The van der Waals surface area contributed by atoms with Crippen molar-refractivity contribution in [1.82, 2.24) is 5.32 Å². The fraction of sp³-hybridized carbons (Fsp3) is 0.600. The minimum absolute atomic E-state index is 0.154. The summed E-state index contributed by atoms with van der Waals surface area (Å²) in [4.78, 5) is 0. The summed E-state index contributed by atoms with van der Waals surface area (Å²) in [6.45, 7) is 7.70. The van der Waals surface area contributed by atoms with Crippen molar-refractivity contribution in [2.75, 3.05) is 31.8 Å². The van der Waals surface area contributed by atoms with Crippen LogP contribution in [0.1, 0.15) is 29.7 Å². The molecule has 3 nitrogen and oxygen atoms in total. The molecule has 0 bridgehead atoms. The molecular weight excluding hydrogens is 258 g/mol. The molecule has 19 heavy (non-hydrogen) atoms. The Balaban J connectivity index is 2.78. The number of rotatable bonds is 8. The maximum Gasteiger partial charge on any atom is 0.0577 e. The van der Waals surface area contributed by atoms with Gasteiger partial charge in [0.05, 0.1) is 6.61 Å². The molecule has 4 heteroatoms. The Morgan fingerprint density at radius 1 is 1.26 bits per heavy atom. The molecule has 1 rings (SSSR count). The molecule has 0 spiro atoms. The van der Waals surface area contributed by atoms with Crippen molar-refractivity contribution in [2.24, 2.45) is 0 Å². The van der Waals surface area contributed by atoms with Crippen LogP contribution >= 0.6 is 0 Å². The summed E-state index contributed by atoms with van der Waals surface area (Å²) < 4.78 is 17.0. The van der Waals surface area contributed by atoms with Crippen molar-refractivity contribution in [2.45, 2.75) is 26.8 Å². The van der Waals surface area contributed by atoms with E-state index in [9.17, 15) is 4.21 Å². The zero-order chi connectivity index (χ0) is 14.3. The van der Waals surface area contributed by atoms with E-state index in [-0.39, 0.29) is 6.04 Å². The maximum atomic E-state index is 12.0. The first-order valence-electron chi connectivity index (χ1n) is 6.72. The van der Waals surface area contributed by atoms with Gasteiger partial charge in [-0.05, 0) is 26.0 Å². The van der Waals surface area contributed by atoms with Gasteiger partial charge in [0, 0.05) is 35.5 Å². The highest BCUT2D eigenvalue weighted by Crippen LogP contribution is 2.18. The van der Waals surface area contributed by atoms with E-state index in [1.54, 1.807) is 7.11 Å².